The van der Waals surface area contributed by atoms with Gasteiger partial charge in [0.25, 0.3) is 0 Å². The number of aryl methyl sites for hydroxylation is 1. The van der Waals surface area contributed by atoms with Crippen molar-refractivity contribution < 1.29 is 0 Å². The maximum Gasteiger partial charge on any atom is 0.107 e. The molecule has 0 spiro atoms. The third-order valence-corrected chi connectivity index (χ3v) is 5.15. The van der Waals surface area contributed by atoms with E-state index in [1.807, 2.05) is 11.3 Å². The van der Waals surface area contributed by atoms with Gasteiger partial charge in [-0.2, -0.15) is 0 Å². The topological polar surface area (TPSA) is 28.2 Å². The minimum atomic E-state index is 0.707. The monoisotopic (exact) mass is 295 g/mol. The Balaban J connectivity index is 1.83. The van der Waals surface area contributed by atoms with Crippen LogP contribution in [0.2, 0.25) is 0 Å². The lowest BCUT2D eigenvalue weighted by atomic mass is 9.99. The van der Waals surface area contributed by atoms with Gasteiger partial charge in [0.2, 0.25) is 0 Å². The van der Waals surface area contributed by atoms with Crippen molar-refractivity contribution in [3.05, 3.63) is 15.6 Å². The summed E-state index contributed by atoms with van der Waals surface area (Å²) in [6.45, 7) is 14.6. The highest BCUT2D eigenvalue weighted by Crippen LogP contribution is 2.22. The van der Waals surface area contributed by atoms with E-state index >= 15 is 0 Å². The third kappa shape index (κ3) is 4.83. The number of hydrogen-bond acceptors (Lipinski definition) is 4. The molecule has 0 radical (unpaired) electrons. The molecule has 0 unspecified atom stereocenters. The molecule has 4 heteroatoms. The molecule has 2 rings (SSSR count). The third-order valence-electron chi connectivity index (χ3n) is 4.01. The van der Waals surface area contributed by atoms with Crippen molar-refractivity contribution in [2.45, 2.75) is 53.6 Å². The first-order valence-electron chi connectivity index (χ1n) is 7.93. The van der Waals surface area contributed by atoms with E-state index in [-0.39, 0.29) is 0 Å². The number of rotatable bonds is 6. The number of piperidine rings is 1. The van der Waals surface area contributed by atoms with Crippen LogP contribution in [0, 0.1) is 18.8 Å². The highest BCUT2D eigenvalue weighted by molar-refractivity contribution is 7.11. The van der Waals surface area contributed by atoms with Gasteiger partial charge in [-0.25, -0.2) is 4.98 Å². The Morgan fingerprint density at radius 3 is 2.70 bits per heavy atom. The quantitative estimate of drug-likeness (QED) is 0.871. The zero-order chi connectivity index (χ0) is 14.5. The van der Waals surface area contributed by atoms with Gasteiger partial charge in [0.15, 0.2) is 0 Å². The molecule has 2 heterocycles. The van der Waals surface area contributed by atoms with E-state index in [1.54, 1.807) is 0 Å². The molecule has 1 aliphatic heterocycles. The van der Waals surface area contributed by atoms with Crippen molar-refractivity contribution in [3.63, 3.8) is 0 Å². The van der Waals surface area contributed by atoms with Gasteiger partial charge in [-0.3, -0.25) is 4.90 Å². The van der Waals surface area contributed by atoms with Crippen molar-refractivity contribution in [2.75, 3.05) is 19.6 Å². The Hall–Kier alpha value is -0.450. The second-order valence-electron chi connectivity index (χ2n) is 6.60. The van der Waals surface area contributed by atoms with Crippen LogP contribution in [-0.2, 0) is 13.1 Å². The minimum absolute atomic E-state index is 0.707. The van der Waals surface area contributed by atoms with Gasteiger partial charge in [-0.15, -0.1) is 11.3 Å². The summed E-state index contributed by atoms with van der Waals surface area (Å²) in [6, 6.07) is 0. The Labute approximate surface area is 127 Å². The number of aromatic nitrogens is 1. The Kier molecular flexibility index (Phi) is 6.00. The summed E-state index contributed by atoms with van der Waals surface area (Å²) in [5.74, 6) is 1.61. The summed E-state index contributed by atoms with van der Waals surface area (Å²) in [7, 11) is 0. The lowest BCUT2D eigenvalue weighted by molar-refractivity contribution is 0.185. The molecule has 0 aliphatic carbocycles. The van der Waals surface area contributed by atoms with E-state index in [1.165, 1.54) is 41.5 Å². The second kappa shape index (κ2) is 7.53. The molecule has 114 valence electrons. The van der Waals surface area contributed by atoms with E-state index < -0.39 is 0 Å². The van der Waals surface area contributed by atoms with E-state index in [0.29, 0.717) is 5.92 Å². The van der Waals surface area contributed by atoms with E-state index in [0.717, 1.165) is 25.6 Å². The normalized spacial score (nSPS) is 18.1. The summed E-state index contributed by atoms with van der Waals surface area (Å²) in [5.41, 5.74) is 1.21. The molecular weight excluding hydrogens is 266 g/mol. The molecule has 0 atom stereocenters. The van der Waals surface area contributed by atoms with Crippen molar-refractivity contribution >= 4 is 11.3 Å². The number of thiazole rings is 1. The lowest BCUT2D eigenvalue weighted by Gasteiger charge is -2.29. The molecule has 1 N–H and O–H groups in total. The van der Waals surface area contributed by atoms with Crippen LogP contribution < -0.4 is 5.32 Å². The number of hydrogen-bond donors (Lipinski definition) is 1. The summed E-state index contributed by atoms with van der Waals surface area (Å²) in [4.78, 5) is 8.73. The number of nitrogens with one attached hydrogen (secondary N) is 1. The molecule has 1 saturated heterocycles. The summed E-state index contributed by atoms with van der Waals surface area (Å²) < 4.78 is 0. The van der Waals surface area contributed by atoms with Gasteiger partial charge in [0.1, 0.15) is 5.01 Å². The zero-order valence-electron chi connectivity index (χ0n) is 13.4. The van der Waals surface area contributed by atoms with Crippen molar-refractivity contribution in [2.24, 2.45) is 11.8 Å². The molecule has 1 aromatic rings. The van der Waals surface area contributed by atoms with Gasteiger partial charge in [0.05, 0.1) is 12.2 Å². The van der Waals surface area contributed by atoms with Gasteiger partial charge >= 0.3 is 0 Å². The fraction of sp³-hybridized carbons (Fsp3) is 0.812. The zero-order valence-corrected chi connectivity index (χ0v) is 14.2. The van der Waals surface area contributed by atoms with Crippen molar-refractivity contribution in [1.29, 1.82) is 0 Å². The van der Waals surface area contributed by atoms with E-state index in [9.17, 15) is 0 Å². The van der Waals surface area contributed by atoms with Gasteiger partial charge in [-0.05, 0) is 51.2 Å². The van der Waals surface area contributed by atoms with Crippen LogP contribution in [0.3, 0.4) is 0 Å². The molecule has 20 heavy (non-hydrogen) atoms. The number of nitrogens with zero attached hydrogens (tertiary/aromatic N) is 2. The highest BCUT2D eigenvalue weighted by Gasteiger charge is 2.17. The van der Waals surface area contributed by atoms with Crippen LogP contribution in [-0.4, -0.2) is 29.5 Å². The van der Waals surface area contributed by atoms with Crippen LogP contribution in [0.1, 0.15) is 49.2 Å². The molecular formula is C16H29N3S. The maximum atomic E-state index is 4.76. The lowest BCUT2D eigenvalue weighted by Crippen LogP contribution is -2.32. The van der Waals surface area contributed by atoms with Crippen LogP contribution in [0.15, 0.2) is 0 Å². The molecule has 1 aromatic heterocycles. The second-order valence-corrected chi connectivity index (χ2v) is 7.77. The van der Waals surface area contributed by atoms with Crippen LogP contribution >= 0.6 is 11.3 Å². The highest BCUT2D eigenvalue weighted by atomic mass is 32.1. The predicted octanol–water partition coefficient (Wildman–Crippen LogP) is 3.43. The van der Waals surface area contributed by atoms with E-state index in [4.69, 9.17) is 4.98 Å². The first-order valence-corrected chi connectivity index (χ1v) is 8.74. The summed E-state index contributed by atoms with van der Waals surface area (Å²) in [6.07, 6.45) is 2.68. The maximum absolute atomic E-state index is 4.76. The van der Waals surface area contributed by atoms with Crippen LogP contribution in [0.5, 0.6) is 0 Å². The fourth-order valence-corrected chi connectivity index (χ4v) is 3.69. The van der Waals surface area contributed by atoms with Crippen molar-refractivity contribution in [3.8, 4) is 0 Å². The molecule has 1 aliphatic rings. The predicted molar refractivity (Wildman–Crippen MR) is 87.1 cm³/mol. The molecule has 0 bridgehead atoms. The summed E-state index contributed by atoms with van der Waals surface area (Å²) >= 11 is 1.89. The smallest absolute Gasteiger partial charge is 0.107 e. The Morgan fingerprint density at radius 1 is 1.35 bits per heavy atom. The first-order chi connectivity index (χ1) is 9.54. The largest absolute Gasteiger partial charge is 0.312 e. The standard InChI is InChI=1S/C16H29N3S/c1-12(2)9-17-10-15-14(4)18-16(20-15)11-19-7-5-13(3)6-8-19/h12-13,17H,5-11H2,1-4H3. The fourth-order valence-electron chi connectivity index (χ4n) is 2.61. The molecule has 3 nitrogen and oxygen atoms in total. The SMILES string of the molecule is Cc1nc(CN2CCC(C)CC2)sc1CNCC(C)C. The van der Waals surface area contributed by atoms with E-state index in [2.05, 4.69) is 37.9 Å². The first kappa shape index (κ1) is 15.9. The number of likely N-dealkylation sites (tertiary alicyclic amines) is 1. The Morgan fingerprint density at radius 2 is 2.05 bits per heavy atom. The molecule has 0 saturated carbocycles. The van der Waals surface area contributed by atoms with Gasteiger partial charge in [-0.1, -0.05) is 20.8 Å². The average molecular weight is 295 g/mol. The molecule has 0 amide bonds. The molecule has 1 fully saturated rings. The van der Waals surface area contributed by atoms with Gasteiger partial charge < -0.3 is 5.32 Å². The van der Waals surface area contributed by atoms with Crippen LogP contribution in [0.25, 0.3) is 0 Å². The van der Waals surface area contributed by atoms with Crippen molar-refractivity contribution in [1.82, 2.24) is 15.2 Å². The van der Waals surface area contributed by atoms with Gasteiger partial charge in [0, 0.05) is 11.4 Å². The Bertz CT molecular complexity index is 406. The minimum Gasteiger partial charge on any atom is -0.312 e. The average Bonchev–Trinajstić information content (AvgIpc) is 2.72. The summed E-state index contributed by atoms with van der Waals surface area (Å²) in [5, 5.41) is 4.81. The van der Waals surface area contributed by atoms with Crippen LogP contribution in [0.4, 0.5) is 0 Å². The molecule has 0 aromatic carbocycles.